The van der Waals surface area contributed by atoms with E-state index in [4.69, 9.17) is 17.0 Å². The SMILES string of the molecule is CCOc1ccc(/C=C2\SC(=S)N(CC(=O)Nc3cccc(Br)c3)C2=O)cc1. The number of anilines is 1. The molecule has 1 aliphatic heterocycles. The van der Waals surface area contributed by atoms with Crippen LogP contribution >= 0.6 is 39.9 Å². The minimum absolute atomic E-state index is 0.127. The molecular formula is C20H17BrN2O3S2. The van der Waals surface area contributed by atoms with Crippen molar-refractivity contribution >= 4 is 67.8 Å². The van der Waals surface area contributed by atoms with Crippen LogP contribution in [0.2, 0.25) is 0 Å². The third kappa shape index (κ3) is 5.21. The van der Waals surface area contributed by atoms with E-state index in [0.29, 0.717) is 21.5 Å². The highest BCUT2D eigenvalue weighted by molar-refractivity contribution is 9.10. The predicted molar refractivity (Wildman–Crippen MR) is 120 cm³/mol. The first-order valence-electron chi connectivity index (χ1n) is 8.50. The van der Waals surface area contributed by atoms with Crippen LogP contribution in [0.25, 0.3) is 6.08 Å². The molecule has 8 heteroatoms. The van der Waals surface area contributed by atoms with Gasteiger partial charge in [-0.25, -0.2) is 0 Å². The molecule has 5 nitrogen and oxygen atoms in total. The Bertz CT molecular complexity index is 945. The van der Waals surface area contributed by atoms with Gasteiger partial charge in [0.15, 0.2) is 0 Å². The van der Waals surface area contributed by atoms with Crippen LogP contribution in [0.15, 0.2) is 57.9 Å². The van der Waals surface area contributed by atoms with Crippen molar-refractivity contribution in [2.24, 2.45) is 0 Å². The first-order chi connectivity index (χ1) is 13.5. The van der Waals surface area contributed by atoms with Crippen molar-refractivity contribution in [1.82, 2.24) is 4.90 Å². The number of thiocarbonyl (C=S) groups is 1. The van der Waals surface area contributed by atoms with Crippen LogP contribution in [0.5, 0.6) is 5.75 Å². The number of hydrogen-bond acceptors (Lipinski definition) is 5. The molecule has 144 valence electrons. The highest BCUT2D eigenvalue weighted by Gasteiger charge is 2.33. The topological polar surface area (TPSA) is 58.6 Å². The number of nitrogens with one attached hydrogen (secondary N) is 1. The highest BCUT2D eigenvalue weighted by Crippen LogP contribution is 2.32. The van der Waals surface area contributed by atoms with E-state index in [2.05, 4.69) is 21.2 Å². The van der Waals surface area contributed by atoms with Crippen LogP contribution in [0.1, 0.15) is 12.5 Å². The molecule has 1 fully saturated rings. The molecular weight excluding hydrogens is 460 g/mol. The monoisotopic (exact) mass is 476 g/mol. The minimum Gasteiger partial charge on any atom is -0.494 e. The summed E-state index contributed by atoms with van der Waals surface area (Å²) in [5, 5.41) is 2.77. The number of rotatable bonds is 6. The molecule has 0 spiro atoms. The first kappa shape index (κ1) is 20.6. The number of halogens is 1. The second kappa shape index (κ2) is 9.36. The number of nitrogens with zero attached hydrogens (tertiary/aromatic N) is 1. The summed E-state index contributed by atoms with van der Waals surface area (Å²) >= 11 is 9.84. The molecule has 2 aromatic carbocycles. The fraction of sp³-hybridized carbons (Fsp3) is 0.150. The van der Waals surface area contributed by atoms with Crippen molar-refractivity contribution in [2.45, 2.75) is 6.92 Å². The number of benzene rings is 2. The van der Waals surface area contributed by atoms with Crippen molar-refractivity contribution in [3.05, 3.63) is 63.5 Å². The normalized spacial score (nSPS) is 15.2. The Morgan fingerprint density at radius 2 is 2.04 bits per heavy atom. The van der Waals surface area contributed by atoms with Crippen LogP contribution in [-0.4, -0.2) is 34.2 Å². The van der Waals surface area contributed by atoms with Crippen molar-refractivity contribution < 1.29 is 14.3 Å². The second-order valence-electron chi connectivity index (χ2n) is 5.83. The van der Waals surface area contributed by atoms with Gasteiger partial charge in [-0.2, -0.15) is 0 Å². The van der Waals surface area contributed by atoms with Crippen LogP contribution in [0.3, 0.4) is 0 Å². The molecule has 2 amide bonds. The van der Waals surface area contributed by atoms with Gasteiger partial charge in [0.1, 0.15) is 16.6 Å². The summed E-state index contributed by atoms with van der Waals surface area (Å²) in [6.45, 7) is 2.39. The molecule has 1 N–H and O–H groups in total. The summed E-state index contributed by atoms with van der Waals surface area (Å²) in [5.41, 5.74) is 1.51. The Kier molecular flexibility index (Phi) is 6.88. The third-order valence-corrected chi connectivity index (χ3v) is 5.64. The summed E-state index contributed by atoms with van der Waals surface area (Å²) in [7, 11) is 0. The molecule has 1 heterocycles. The van der Waals surface area contributed by atoms with Gasteiger partial charge in [-0.3, -0.25) is 14.5 Å². The van der Waals surface area contributed by atoms with Gasteiger partial charge in [-0.15, -0.1) is 0 Å². The molecule has 0 radical (unpaired) electrons. The van der Waals surface area contributed by atoms with E-state index in [0.717, 1.165) is 15.8 Å². The molecule has 1 aliphatic rings. The maximum Gasteiger partial charge on any atom is 0.266 e. The standard InChI is InChI=1S/C20H17BrN2O3S2/c1-2-26-16-8-6-13(7-9-16)10-17-19(25)23(20(27)28-17)12-18(24)22-15-5-3-4-14(21)11-15/h3-11H,2,12H2,1H3,(H,22,24)/b17-10-. The van der Waals surface area contributed by atoms with Crippen LogP contribution in [0.4, 0.5) is 5.69 Å². The Balaban J connectivity index is 1.66. The lowest BCUT2D eigenvalue weighted by atomic mass is 10.2. The minimum atomic E-state index is -0.309. The molecule has 1 saturated heterocycles. The Morgan fingerprint density at radius 3 is 2.71 bits per heavy atom. The van der Waals surface area contributed by atoms with Crippen LogP contribution in [0, 0.1) is 0 Å². The maximum atomic E-state index is 12.7. The lowest BCUT2D eigenvalue weighted by Crippen LogP contribution is -2.36. The fourth-order valence-corrected chi connectivity index (χ4v) is 4.18. The van der Waals surface area contributed by atoms with Crippen LogP contribution in [-0.2, 0) is 9.59 Å². The van der Waals surface area contributed by atoms with E-state index in [-0.39, 0.29) is 18.4 Å². The van der Waals surface area contributed by atoms with Gasteiger partial charge in [0.25, 0.3) is 5.91 Å². The molecule has 3 rings (SSSR count). The van der Waals surface area contributed by atoms with Gasteiger partial charge in [-0.1, -0.05) is 58.1 Å². The van der Waals surface area contributed by atoms with Gasteiger partial charge in [0.2, 0.25) is 5.91 Å². The molecule has 0 aromatic heterocycles. The highest BCUT2D eigenvalue weighted by atomic mass is 79.9. The molecule has 0 atom stereocenters. The van der Waals surface area contributed by atoms with Crippen LogP contribution < -0.4 is 10.1 Å². The quantitative estimate of drug-likeness (QED) is 0.484. The summed E-state index contributed by atoms with van der Waals surface area (Å²) in [6.07, 6.45) is 1.77. The van der Waals surface area contributed by atoms with E-state index in [1.54, 1.807) is 18.2 Å². The number of hydrogen-bond donors (Lipinski definition) is 1. The Hall–Kier alpha value is -2.16. The molecule has 0 saturated carbocycles. The van der Waals surface area contributed by atoms with Gasteiger partial charge in [0.05, 0.1) is 11.5 Å². The van der Waals surface area contributed by atoms with Gasteiger partial charge in [-0.05, 0) is 48.9 Å². The molecule has 2 aromatic rings. The average Bonchev–Trinajstić information content (AvgIpc) is 2.91. The molecule has 28 heavy (non-hydrogen) atoms. The van der Waals surface area contributed by atoms with Crippen molar-refractivity contribution in [3.63, 3.8) is 0 Å². The van der Waals surface area contributed by atoms with E-state index in [1.807, 2.05) is 43.3 Å². The zero-order chi connectivity index (χ0) is 20.1. The fourth-order valence-electron chi connectivity index (χ4n) is 2.52. The number of carbonyl (C=O) groups is 2. The van der Waals surface area contributed by atoms with Crippen molar-refractivity contribution in [3.8, 4) is 5.75 Å². The number of thioether (sulfide) groups is 1. The Morgan fingerprint density at radius 1 is 1.29 bits per heavy atom. The summed E-state index contributed by atoms with van der Waals surface area (Å²) in [5.74, 6) is 0.196. The zero-order valence-electron chi connectivity index (χ0n) is 15.0. The van der Waals surface area contributed by atoms with E-state index < -0.39 is 0 Å². The second-order valence-corrected chi connectivity index (χ2v) is 8.42. The van der Waals surface area contributed by atoms with Gasteiger partial charge in [0, 0.05) is 10.2 Å². The molecule has 0 unspecified atom stereocenters. The lowest BCUT2D eigenvalue weighted by Gasteiger charge is -2.14. The number of carbonyl (C=O) groups excluding carboxylic acids is 2. The van der Waals surface area contributed by atoms with Gasteiger partial charge < -0.3 is 10.1 Å². The lowest BCUT2D eigenvalue weighted by molar-refractivity contribution is -0.126. The van der Waals surface area contributed by atoms with Gasteiger partial charge >= 0.3 is 0 Å². The van der Waals surface area contributed by atoms with E-state index in [9.17, 15) is 9.59 Å². The van der Waals surface area contributed by atoms with Crippen molar-refractivity contribution in [1.29, 1.82) is 0 Å². The van der Waals surface area contributed by atoms with E-state index >= 15 is 0 Å². The summed E-state index contributed by atoms with van der Waals surface area (Å²) in [6, 6.07) is 14.7. The zero-order valence-corrected chi connectivity index (χ0v) is 18.2. The molecule has 0 bridgehead atoms. The molecule has 0 aliphatic carbocycles. The number of ether oxygens (including phenoxy) is 1. The van der Waals surface area contributed by atoms with E-state index in [1.165, 1.54) is 16.7 Å². The Labute approximate surface area is 181 Å². The smallest absolute Gasteiger partial charge is 0.266 e. The maximum absolute atomic E-state index is 12.7. The van der Waals surface area contributed by atoms with Crippen molar-refractivity contribution in [2.75, 3.05) is 18.5 Å². The predicted octanol–water partition coefficient (Wildman–Crippen LogP) is 4.69. The summed E-state index contributed by atoms with van der Waals surface area (Å²) < 4.78 is 6.64. The summed E-state index contributed by atoms with van der Waals surface area (Å²) in [4.78, 5) is 26.8. The largest absolute Gasteiger partial charge is 0.494 e. The average molecular weight is 477 g/mol. The first-order valence-corrected chi connectivity index (χ1v) is 10.5. The third-order valence-electron chi connectivity index (χ3n) is 3.77. The number of amides is 2.